The van der Waals surface area contributed by atoms with Crippen LogP contribution < -0.4 is 0 Å². The van der Waals surface area contributed by atoms with Crippen LogP contribution in [0.2, 0.25) is 11.6 Å². The van der Waals surface area contributed by atoms with E-state index in [1.165, 1.54) is 44.9 Å². The monoisotopic (exact) mass is 208 g/mol. The molecular weight excluding hydrogens is 183 g/mol. The molecule has 86 valence electrons. The summed E-state index contributed by atoms with van der Waals surface area (Å²) >= 11 is 0. The lowest BCUT2D eigenvalue weighted by Crippen LogP contribution is -2.38. The molecule has 0 aromatic heterocycles. The van der Waals surface area contributed by atoms with Gasteiger partial charge in [0.15, 0.2) is 0 Å². The average molecular weight is 208 g/mol. The molecule has 15 heavy (non-hydrogen) atoms. The van der Waals surface area contributed by atoms with Crippen LogP contribution >= 0.6 is 0 Å². The Balaban J connectivity index is 1.84. The summed E-state index contributed by atoms with van der Waals surface area (Å²) in [5.41, 5.74) is 0. The van der Waals surface area contributed by atoms with Crippen LogP contribution in [0.15, 0.2) is 0 Å². The zero-order valence-corrected chi connectivity index (χ0v) is 10.4. The molecule has 2 aliphatic rings. The number of fused-ring (bicyclic) bond motifs is 2. The maximum Gasteiger partial charge on any atom is 0.299 e. The highest BCUT2D eigenvalue weighted by atomic mass is 16.4. The third-order valence-corrected chi connectivity index (χ3v) is 4.50. The van der Waals surface area contributed by atoms with Crippen LogP contribution in [0.25, 0.3) is 0 Å². The summed E-state index contributed by atoms with van der Waals surface area (Å²) < 4.78 is 6.20. The van der Waals surface area contributed by atoms with E-state index in [0.29, 0.717) is 6.92 Å². The lowest BCUT2D eigenvalue weighted by atomic mass is 9.38. The minimum absolute atomic E-state index is 0.626. The zero-order chi connectivity index (χ0) is 10.7. The molecule has 2 heteroatoms. The predicted molar refractivity (Wildman–Crippen MR) is 66.4 cm³/mol. The third-order valence-electron chi connectivity index (χ3n) is 4.50. The second kappa shape index (κ2) is 5.38. The Kier molecular flexibility index (Phi) is 4.13. The number of rotatable bonds is 4. The summed E-state index contributed by atoms with van der Waals surface area (Å²) in [6.07, 6.45) is 9.89. The van der Waals surface area contributed by atoms with Gasteiger partial charge in [-0.25, -0.2) is 0 Å². The topological polar surface area (TPSA) is 9.23 Å². The summed E-state index contributed by atoms with van der Waals surface area (Å²) in [6, 6.07) is 0. The molecule has 0 N–H and O–H groups in total. The highest BCUT2D eigenvalue weighted by Crippen LogP contribution is 2.46. The number of hydrogen-bond donors (Lipinski definition) is 0. The Bertz CT molecular complexity index is 173. The minimum atomic E-state index is 0.626. The Hall–Kier alpha value is 0.0249. The van der Waals surface area contributed by atoms with Crippen molar-refractivity contribution in [2.24, 2.45) is 5.92 Å². The second-order valence-electron chi connectivity index (χ2n) is 5.69. The van der Waals surface area contributed by atoms with Gasteiger partial charge in [0.1, 0.15) is 0 Å². The van der Waals surface area contributed by atoms with Gasteiger partial charge in [0, 0.05) is 6.61 Å². The van der Waals surface area contributed by atoms with Crippen molar-refractivity contribution in [1.29, 1.82) is 0 Å². The summed E-state index contributed by atoms with van der Waals surface area (Å²) in [6.45, 7) is 6.18. The van der Waals surface area contributed by atoms with Gasteiger partial charge in [0.2, 0.25) is 0 Å². The molecule has 2 aliphatic heterocycles. The van der Waals surface area contributed by atoms with Crippen LogP contribution in [0.4, 0.5) is 0 Å². The zero-order valence-electron chi connectivity index (χ0n) is 10.4. The van der Waals surface area contributed by atoms with Crippen molar-refractivity contribution in [3.8, 4) is 0 Å². The molecule has 1 unspecified atom stereocenters. The second-order valence-corrected chi connectivity index (χ2v) is 5.69. The first-order chi connectivity index (χ1) is 7.31. The Morgan fingerprint density at radius 1 is 1.13 bits per heavy atom. The molecule has 0 aliphatic carbocycles. The van der Waals surface area contributed by atoms with Crippen LogP contribution in [-0.4, -0.2) is 13.5 Å². The summed E-state index contributed by atoms with van der Waals surface area (Å²) in [4.78, 5) is 0. The van der Waals surface area contributed by atoms with Crippen LogP contribution in [0.3, 0.4) is 0 Å². The summed E-state index contributed by atoms with van der Waals surface area (Å²) in [7, 11) is 0. The highest BCUT2D eigenvalue weighted by molar-refractivity contribution is 6.56. The largest absolute Gasteiger partial charge is 0.435 e. The first-order valence-electron chi connectivity index (χ1n) is 6.92. The van der Waals surface area contributed by atoms with Gasteiger partial charge in [-0.3, -0.25) is 0 Å². The van der Waals surface area contributed by atoms with E-state index in [1.54, 1.807) is 0 Å². The summed E-state index contributed by atoms with van der Waals surface area (Å²) in [5, 5.41) is 0. The molecule has 2 bridgehead atoms. The molecule has 2 saturated heterocycles. The molecule has 0 aromatic carbocycles. The van der Waals surface area contributed by atoms with Gasteiger partial charge in [-0.05, 0) is 17.6 Å². The summed E-state index contributed by atoms with van der Waals surface area (Å²) in [5.74, 6) is 2.55. The smallest absolute Gasteiger partial charge is 0.299 e. The van der Waals surface area contributed by atoms with Gasteiger partial charge in [-0.15, -0.1) is 0 Å². The van der Waals surface area contributed by atoms with Crippen LogP contribution in [-0.2, 0) is 4.65 Å². The fourth-order valence-corrected chi connectivity index (χ4v) is 3.28. The molecule has 0 saturated carbocycles. The molecule has 0 radical (unpaired) electrons. The molecule has 2 fully saturated rings. The quantitative estimate of drug-likeness (QED) is 0.630. The molecular formula is C13H25BO. The molecule has 1 atom stereocenters. The van der Waals surface area contributed by atoms with E-state index >= 15 is 0 Å². The maximum atomic E-state index is 6.20. The fourth-order valence-electron chi connectivity index (χ4n) is 3.28. The Labute approximate surface area is 95.1 Å². The van der Waals surface area contributed by atoms with Crippen molar-refractivity contribution in [2.45, 2.75) is 70.4 Å². The highest BCUT2D eigenvalue weighted by Gasteiger charge is 2.40. The van der Waals surface area contributed by atoms with Crippen molar-refractivity contribution in [3.63, 3.8) is 0 Å². The lowest BCUT2D eigenvalue weighted by Gasteiger charge is -2.39. The van der Waals surface area contributed by atoms with Crippen molar-refractivity contribution in [1.82, 2.24) is 0 Å². The molecule has 2 rings (SSSR count). The molecule has 1 nitrogen and oxygen atoms in total. The van der Waals surface area contributed by atoms with Crippen molar-refractivity contribution >= 4 is 6.92 Å². The molecule has 0 spiro atoms. The van der Waals surface area contributed by atoms with Gasteiger partial charge < -0.3 is 4.65 Å². The maximum absolute atomic E-state index is 6.20. The third kappa shape index (κ3) is 2.78. The van der Waals surface area contributed by atoms with E-state index in [2.05, 4.69) is 13.8 Å². The average Bonchev–Trinajstić information content (AvgIpc) is 2.25. The van der Waals surface area contributed by atoms with E-state index in [9.17, 15) is 0 Å². The normalized spacial score (nSPS) is 32.8. The van der Waals surface area contributed by atoms with E-state index in [0.717, 1.165) is 24.2 Å². The first kappa shape index (κ1) is 11.5. The molecule has 0 amide bonds. The van der Waals surface area contributed by atoms with Crippen LogP contribution in [0.5, 0.6) is 0 Å². The molecule has 0 aromatic rings. The Morgan fingerprint density at radius 2 is 1.67 bits per heavy atom. The predicted octanol–water partition coefficient (Wildman–Crippen LogP) is 4.15. The standard InChI is InChI=1S/C13H25BO/c1-3-11(2)10-15-14-12-6-4-7-13(14)9-5-8-12/h11-13H,3-10H2,1-2H3. The van der Waals surface area contributed by atoms with Crippen LogP contribution in [0, 0.1) is 5.92 Å². The molecule has 2 heterocycles. The minimum Gasteiger partial charge on any atom is -0.435 e. The van der Waals surface area contributed by atoms with E-state index < -0.39 is 0 Å². The van der Waals surface area contributed by atoms with Gasteiger partial charge in [-0.2, -0.15) is 0 Å². The van der Waals surface area contributed by atoms with Gasteiger partial charge in [0.25, 0.3) is 6.92 Å². The van der Waals surface area contributed by atoms with Crippen molar-refractivity contribution < 1.29 is 4.65 Å². The van der Waals surface area contributed by atoms with Gasteiger partial charge in [-0.1, -0.05) is 58.8 Å². The fraction of sp³-hybridized carbons (Fsp3) is 1.00. The van der Waals surface area contributed by atoms with E-state index in [1.807, 2.05) is 0 Å². The van der Waals surface area contributed by atoms with Gasteiger partial charge >= 0.3 is 0 Å². The lowest BCUT2D eigenvalue weighted by molar-refractivity contribution is 0.225. The Morgan fingerprint density at radius 3 is 2.13 bits per heavy atom. The van der Waals surface area contributed by atoms with Crippen molar-refractivity contribution in [3.05, 3.63) is 0 Å². The number of hydrogen-bond acceptors (Lipinski definition) is 1. The first-order valence-corrected chi connectivity index (χ1v) is 6.92. The SMILES string of the molecule is CCC(C)COB1C2CCCC1CCC2. The van der Waals surface area contributed by atoms with Crippen LogP contribution in [0.1, 0.15) is 58.8 Å². The van der Waals surface area contributed by atoms with E-state index in [4.69, 9.17) is 4.65 Å². The van der Waals surface area contributed by atoms with Gasteiger partial charge in [0.05, 0.1) is 0 Å². The van der Waals surface area contributed by atoms with Crippen molar-refractivity contribution in [2.75, 3.05) is 6.61 Å². The van der Waals surface area contributed by atoms with E-state index in [-0.39, 0.29) is 0 Å².